The zero-order valence-corrected chi connectivity index (χ0v) is 19.4. The van der Waals surface area contributed by atoms with Gasteiger partial charge in [0.15, 0.2) is 0 Å². The molecule has 4 rings (SSSR count). The van der Waals surface area contributed by atoms with Gasteiger partial charge in [-0.25, -0.2) is 9.18 Å². The summed E-state index contributed by atoms with van der Waals surface area (Å²) in [4.78, 5) is 52.6. The first-order valence-electron chi connectivity index (χ1n) is 11.7. The minimum atomic E-state index is -1.26. The van der Waals surface area contributed by atoms with Gasteiger partial charge in [0, 0.05) is 17.8 Å². The normalized spacial score (nSPS) is 19.5. The molecule has 2 aliphatic rings. The number of aliphatic carboxylic acids is 1. The van der Waals surface area contributed by atoms with Crippen molar-refractivity contribution < 1.29 is 33.4 Å². The van der Waals surface area contributed by atoms with E-state index >= 15 is 0 Å². The van der Waals surface area contributed by atoms with Crippen molar-refractivity contribution in [2.45, 2.75) is 50.6 Å². The van der Waals surface area contributed by atoms with Gasteiger partial charge in [-0.1, -0.05) is 12.8 Å². The summed E-state index contributed by atoms with van der Waals surface area (Å²) in [7, 11) is 1.44. The number of carbonyl (C=O) groups is 4. The minimum Gasteiger partial charge on any atom is -0.496 e. The molecule has 2 heterocycles. The first-order chi connectivity index (χ1) is 16.8. The van der Waals surface area contributed by atoms with Crippen LogP contribution in [0.4, 0.5) is 4.39 Å². The van der Waals surface area contributed by atoms with E-state index in [2.05, 4.69) is 20.9 Å². The molecule has 1 aromatic carbocycles. The summed E-state index contributed by atoms with van der Waals surface area (Å²) < 4.78 is 19.4. The molecule has 1 aliphatic carbocycles. The van der Waals surface area contributed by atoms with Crippen LogP contribution in [0.3, 0.4) is 0 Å². The number of carboxylic acid groups (broad SMARTS) is 1. The quantitative estimate of drug-likeness (QED) is 0.344. The zero-order chi connectivity index (χ0) is 25.1. The smallest absolute Gasteiger partial charge is 0.326 e. The third-order valence-electron chi connectivity index (χ3n) is 6.59. The van der Waals surface area contributed by atoms with E-state index in [1.807, 2.05) is 0 Å². The standard InChI is InChI=1S/C24H29FN4O6/c1-35-19-7-6-15(25)20-14(19)11-17(27-20)23(32)28-16(9-12-4-5-12)22(31)29-18(24(33)34)10-13-3-2-8-26-21(13)30/h6-7,11-13,16,18,27H,2-5,8-10H2,1H3,(H,26,30)(H,28,32)(H,29,31)(H,33,34). The molecule has 1 aliphatic heterocycles. The van der Waals surface area contributed by atoms with Crippen molar-refractivity contribution in [1.29, 1.82) is 0 Å². The SMILES string of the molecule is COc1ccc(F)c2[nH]c(C(=O)NC(CC3CC3)C(=O)NC(CC3CCCNC3=O)C(=O)O)cc12. The number of rotatable bonds is 10. The average molecular weight is 489 g/mol. The highest BCUT2D eigenvalue weighted by molar-refractivity contribution is 6.01. The highest BCUT2D eigenvalue weighted by atomic mass is 19.1. The average Bonchev–Trinajstić information content (AvgIpc) is 3.53. The van der Waals surface area contributed by atoms with Crippen molar-refractivity contribution in [3.8, 4) is 5.75 Å². The van der Waals surface area contributed by atoms with Gasteiger partial charge in [0.1, 0.15) is 29.3 Å². The largest absolute Gasteiger partial charge is 0.496 e. The fourth-order valence-electron chi connectivity index (χ4n) is 4.45. The molecule has 1 saturated heterocycles. The van der Waals surface area contributed by atoms with Crippen LogP contribution in [-0.4, -0.2) is 59.5 Å². The monoisotopic (exact) mass is 488 g/mol. The van der Waals surface area contributed by atoms with Gasteiger partial charge in [-0.15, -0.1) is 0 Å². The number of hydrogen-bond donors (Lipinski definition) is 5. The summed E-state index contributed by atoms with van der Waals surface area (Å²) in [5, 5.41) is 17.9. The molecule has 0 spiro atoms. The van der Waals surface area contributed by atoms with Crippen LogP contribution < -0.4 is 20.7 Å². The molecule has 0 radical (unpaired) electrons. The van der Waals surface area contributed by atoms with Crippen molar-refractivity contribution in [3.05, 3.63) is 29.7 Å². The van der Waals surface area contributed by atoms with Crippen LogP contribution in [0.15, 0.2) is 18.2 Å². The molecular weight excluding hydrogens is 459 g/mol. The van der Waals surface area contributed by atoms with Gasteiger partial charge in [-0.05, 0) is 49.8 Å². The maximum atomic E-state index is 14.2. The zero-order valence-electron chi connectivity index (χ0n) is 19.4. The molecular formula is C24H29FN4O6. The lowest BCUT2D eigenvalue weighted by atomic mass is 9.91. The third-order valence-corrected chi connectivity index (χ3v) is 6.59. The van der Waals surface area contributed by atoms with E-state index in [0.29, 0.717) is 30.5 Å². The van der Waals surface area contributed by atoms with E-state index in [9.17, 15) is 28.7 Å². The van der Waals surface area contributed by atoms with Gasteiger partial charge in [0.2, 0.25) is 11.8 Å². The number of carboxylic acids is 1. The van der Waals surface area contributed by atoms with Crippen molar-refractivity contribution in [1.82, 2.24) is 20.9 Å². The summed E-state index contributed by atoms with van der Waals surface area (Å²) in [6.07, 6.45) is 3.45. The van der Waals surface area contributed by atoms with Crippen LogP contribution in [0.25, 0.3) is 10.9 Å². The first kappa shape index (κ1) is 24.5. The number of aromatic amines is 1. The molecule has 11 heteroatoms. The predicted molar refractivity (Wildman–Crippen MR) is 123 cm³/mol. The second-order valence-electron chi connectivity index (χ2n) is 9.19. The second-order valence-corrected chi connectivity index (χ2v) is 9.19. The number of nitrogens with one attached hydrogen (secondary N) is 4. The summed E-state index contributed by atoms with van der Waals surface area (Å²) in [5.74, 6) is -3.14. The molecule has 35 heavy (non-hydrogen) atoms. The van der Waals surface area contributed by atoms with Crippen LogP contribution in [0.2, 0.25) is 0 Å². The van der Waals surface area contributed by atoms with Crippen LogP contribution in [0.5, 0.6) is 5.75 Å². The Kier molecular flexibility index (Phi) is 7.23. The summed E-state index contributed by atoms with van der Waals surface area (Å²) in [6, 6.07) is 1.88. The Morgan fingerprint density at radius 1 is 1.17 bits per heavy atom. The van der Waals surface area contributed by atoms with E-state index in [1.54, 1.807) is 0 Å². The van der Waals surface area contributed by atoms with Gasteiger partial charge in [0.25, 0.3) is 5.91 Å². The van der Waals surface area contributed by atoms with Gasteiger partial charge in [0.05, 0.1) is 12.6 Å². The number of H-pyrrole nitrogens is 1. The summed E-state index contributed by atoms with van der Waals surface area (Å²) in [6.45, 7) is 0.554. The van der Waals surface area contributed by atoms with E-state index in [4.69, 9.17) is 4.74 Å². The number of hydrogen-bond acceptors (Lipinski definition) is 5. The Hall–Kier alpha value is -3.63. The van der Waals surface area contributed by atoms with Gasteiger partial charge in [-0.3, -0.25) is 14.4 Å². The molecule has 3 unspecified atom stereocenters. The fourth-order valence-corrected chi connectivity index (χ4v) is 4.45. The molecule has 3 amide bonds. The van der Waals surface area contributed by atoms with Crippen LogP contribution >= 0.6 is 0 Å². The number of piperidine rings is 1. The molecule has 2 fully saturated rings. The number of benzene rings is 1. The summed E-state index contributed by atoms with van der Waals surface area (Å²) >= 11 is 0. The molecule has 0 bridgehead atoms. The van der Waals surface area contributed by atoms with Gasteiger partial charge in [-0.2, -0.15) is 0 Å². The van der Waals surface area contributed by atoms with Crippen LogP contribution in [0.1, 0.15) is 49.0 Å². The third kappa shape index (κ3) is 5.72. The number of amides is 3. The number of methoxy groups -OCH3 is 1. The lowest BCUT2D eigenvalue weighted by molar-refractivity contribution is -0.143. The minimum absolute atomic E-state index is 0.0297. The Morgan fingerprint density at radius 3 is 2.60 bits per heavy atom. The Bertz CT molecular complexity index is 1140. The van der Waals surface area contributed by atoms with Crippen molar-refractivity contribution >= 4 is 34.6 Å². The Balaban J connectivity index is 1.48. The summed E-state index contributed by atoms with van der Waals surface area (Å²) in [5.41, 5.74) is 0.153. The number of carbonyl (C=O) groups excluding carboxylic acids is 3. The van der Waals surface area contributed by atoms with Crippen molar-refractivity contribution in [3.63, 3.8) is 0 Å². The topological polar surface area (TPSA) is 150 Å². The molecule has 5 N–H and O–H groups in total. The Labute approximate surface area is 201 Å². The number of fused-ring (bicyclic) bond motifs is 1. The second kappa shape index (κ2) is 10.3. The van der Waals surface area contributed by atoms with E-state index < -0.39 is 41.6 Å². The fraction of sp³-hybridized carbons (Fsp3) is 0.500. The molecule has 1 saturated carbocycles. The molecule has 10 nitrogen and oxygen atoms in total. The van der Waals surface area contributed by atoms with E-state index in [1.165, 1.54) is 25.3 Å². The maximum absolute atomic E-state index is 14.2. The highest BCUT2D eigenvalue weighted by Gasteiger charge is 2.35. The van der Waals surface area contributed by atoms with Crippen LogP contribution in [0, 0.1) is 17.7 Å². The van der Waals surface area contributed by atoms with Crippen LogP contribution in [-0.2, 0) is 14.4 Å². The predicted octanol–water partition coefficient (Wildman–Crippen LogP) is 1.70. The highest BCUT2D eigenvalue weighted by Crippen LogP contribution is 2.34. The number of ether oxygens (including phenoxy) is 1. The Morgan fingerprint density at radius 2 is 1.94 bits per heavy atom. The van der Waals surface area contributed by atoms with Crippen molar-refractivity contribution in [2.75, 3.05) is 13.7 Å². The van der Waals surface area contributed by atoms with E-state index in [0.717, 1.165) is 19.3 Å². The molecule has 1 aromatic heterocycles. The van der Waals surface area contributed by atoms with Gasteiger partial charge < -0.3 is 30.8 Å². The number of aromatic nitrogens is 1. The number of halogens is 1. The van der Waals surface area contributed by atoms with Crippen molar-refractivity contribution in [2.24, 2.45) is 11.8 Å². The van der Waals surface area contributed by atoms with E-state index in [-0.39, 0.29) is 29.5 Å². The molecule has 2 aromatic rings. The lowest BCUT2D eigenvalue weighted by Crippen LogP contribution is -2.53. The van der Waals surface area contributed by atoms with Gasteiger partial charge >= 0.3 is 5.97 Å². The lowest BCUT2D eigenvalue weighted by Gasteiger charge is -2.26. The molecule has 188 valence electrons. The maximum Gasteiger partial charge on any atom is 0.326 e. The first-order valence-corrected chi connectivity index (χ1v) is 11.7. The molecule has 3 atom stereocenters.